The summed E-state index contributed by atoms with van der Waals surface area (Å²) in [6, 6.07) is 8.46. The van der Waals surface area contributed by atoms with Crippen molar-refractivity contribution < 1.29 is 9.47 Å². The number of aryl methyl sites for hydroxylation is 1. The Hall–Kier alpha value is -1.02. The first kappa shape index (κ1) is 18.0. The van der Waals surface area contributed by atoms with E-state index in [9.17, 15) is 0 Å². The molecule has 0 bridgehead atoms. The maximum atomic E-state index is 5.59. The van der Waals surface area contributed by atoms with E-state index in [1.165, 1.54) is 56.9 Å². The molecule has 0 aliphatic heterocycles. The Balaban J connectivity index is 2.07. The van der Waals surface area contributed by atoms with Gasteiger partial charge in [-0.05, 0) is 37.5 Å². The zero-order chi connectivity index (χ0) is 15.2. The van der Waals surface area contributed by atoms with Gasteiger partial charge in [0.25, 0.3) is 0 Å². The van der Waals surface area contributed by atoms with Crippen LogP contribution >= 0.6 is 0 Å². The van der Waals surface area contributed by atoms with Gasteiger partial charge in [-0.2, -0.15) is 0 Å². The van der Waals surface area contributed by atoms with E-state index in [1.807, 2.05) is 0 Å². The highest BCUT2D eigenvalue weighted by molar-refractivity contribution is 5.27. The Bertz CT molecular complexity index is 332. The smallest absolute Gasteiger partial charge is 0.119 e. The summed E-state index contributed by atoms with van der Waals surface area (Å²) < 4.78 is 10.7. The number of ether oxygens (including phenoxy) is 2. The van der Waals surface area contributed by atoms with Crippen molar-refractivity contribution in [2.24, 2.45) is 0 Å². The normalized spacial score (nSPS) is 10.8. The maximum Gasteiger partial charge on any atom is 0.119 e. The van der Waals surface area contributed by atoms with Crippen molar-refractivity contribution in [2.45, 2.75) is 58.3 Å². The molecule has 0 N–H and O–H groups in total. The number of benzene rings is 1. The summed E-state index contributed by atoms with van der Waals surface area (Å²) >= 11 is 0. The van der Waals surface area contributed by atoms with E-state index in [2.05, 4.69) is 38.1 Å². The molecule has 0 spiro atoms. The highest BCUT2D eigenvalue weighted by Gasteiger charge is 1.97. The molecular weight excluding hydrogens is 260 g/mol. The summed E-state index contributed by atoms with van der Waals surface area (Å²) in [6.07, 6.45) is 10.7. The fraction of sp³-hybridized carbons (Fsp3) is 0.632. The molecule has 0 unspecified atom stereocenters. The first-order chi connectivity index (χ1) is 10.4. The van der Waals surface area contributed by atoms with Crippen LogP contribution in [0.15, 0.2) is 24.3 Å². The molecule has 0 heterocycles. The van der Waals surface area contributed by atoms with Crippen LogP contribution in [-0.4, -0.2) is 19.8 Å². The van der Waals surface area contributed by atoms with Crippen LogP contribution in [0.25, 0.3) is 0 Å². The summed E-state index contributed by atoms with van der Waals surface area (Å²) in [4.78, 5) is 0. The van der Waals surface area contributed by atoms with Gasteiger partial charge in [0.15, 0.2) is 0 Å². The Labute approximate surface area is 130 Å². The van der Waals surface area contributed by atoms with Crippen molar-refractivity contribution in [3.05, 3.63) is 36.8 Å². The fourth-order valence-corrected chi connectivity index (χ4v) is 2.36. The highest BCUT2D eigenvalue weighted by atomic mass is 16.5. The summed E-state index contributed by atoms with van der Waals surface area (Å²) in [6.45, 7) is 7.58. The molecule has 0 aliphatic rings. The Morgan fingerprint density at radius 2 is 1.52 bits per heavy atom. The van der Waals surface area contributed by atoms with Crippen LogP contribution in [0.4, 0.5) is 0 Å². The van der Waals surface area contributed by atoms with Crippen LogP contribution in [0.2, 0.25) is 0 Å². The maximum absolute atomic E-state index is 5.59. The van der Waals surface area contributed by atoms with Crippen molar-refractivity contribution >= 4 is 0 Å². The fourth-order valence-electron chi connectivity index (χ4n) is 2.36. The summed E-state index contributed by atoms with van der Waals surface area (Å²) in [5.74, 6) is 0.922. The van der Waals surface area contributed by atoms with Gasteiger partial charge in [0.1, 0.15) is 12.4 Å². The lowest BCUT2D eigenvalue weighted by molar-refractivity contribution is 0.120. The van der Waals surface area contributed by atoms with Gasteiger partial charge in [-0.1, -0.05) is 57.6 Å². The van der Waals surface area contributed by atoms with Crippen LogP contribution in [0, 0.1) is 6.92 Å². The lowest BCUT2D eigenvalue weighted by atomic mass is 10.0. The second-order valence-corrected chi connectivity index (χ2v) is 5.48. The third-order valence-electron chi connectivity index (χ3n) is 3.63. The van der Waals surface area contributed by atoms with Gasteiger partial charge in [0.2, 0.25) is 0 Å². The molecule has 1 aromatic carbocycles. The number of hydrogen-bond donors (Lipinski definition) is 0. The molecule has 2 nitrogen and oxygen atoms in total. The Kier molecular flexibility index (Phi) is 10.9. The molecule has 1 rings (SSSR count). The molecule has 0 aliphatic carbocycles. The number of rotatable bonds is 13. The lowest BCUT2D eigenvalue weighted by Gasteiger charge is -2.07. The molecule has 0 fully saturated rings. The predicted molar refractivity (Wildman–Crippen MR) is 89.8 cm³/mol. The molecule has 0 atom stereocenters. The first-order valence-electron chi connectivity index (χ1n) is 8.45. The van der Waals surface area contributed by atoms with Gasteiger partial charge < -0.3 is 9.47 Å². The largest absolute Gasteiger partial charge is 0.491 e. The Morgan fingerprint density at radius 3 is 2.19 bits per heavy atom. The lowest BCUT2D eigenvalue weighted by Crippen LogP contribution is -2.06. The summed E-state index contributed by atoms with van der Waals surface area (Å²) in [7, 11) is 0. The molecule has 1 radical (unpaired) electrons. The van der Waals surface area contributed by atoms with Gasteiger partial charge in [0, 0.05) is 6.61 Å². The van der Waals surface area contributed by atoms with Crippen molar-refractivity contribution in [1.29, 1.82) is 0 Å². The average molecular weight is 291 g/mol. The first-order valence-corrected chi connectivity index (χ1v) is 8.45. The second kappa shape index (κ2) is 12.7. The van der Waals surface area contributed by atoms with E-state index in [0.717, 1.165) is 5.75 Å². The van der Waals surface area contributed by atoms with Gasteiger partial charge in [0.05, 0.1) is 6.61 Å². The molecule has 0 amide bonds. The van der Waals surface area contributed by atoms with E-state index >= 15 is 0 Å². The van der Waals surface area contributed by atoms with Crippen LogP contribution in [-0.2, 0) is 11.2 Å². The second-order valence-electron chi connectivity index (χ2n) is 5.48. The van der Waals surface area contributed by atoms with Gasteiger partial charge in [-0.25, -0.2) is 0 Å². The van der Waals surface area contributed by atoms with Crippen molar-refractivity contribution in [3.63, 3.8) is 0 Å². The summed E-state index contributed by atoms with van der Waals surface area (Å²) in [5.41, 5.74) is 1.41. The zero-order valence-electron chi connectivity index (χ0n) is 13.6. The van der Waals surface area contributed by atoms with Crippen LogP contribution in [0.1, 0.15) is 57.4 Å². The van der Waals surface area contributed by atoms with Crippen LogP contribution < -0.4 is 4.74 Å². The van der Waals surface area contributed by atoms with Crippen LogP contribution in [0.5, 0.6) is 5.75 Å². The predicted octanol–water partition coefficient (Wildman–Crippen LogP) is 5.21. The third-order valence-corrected chi connectivity index (χ3v) is 3.63. The zero-order valence-corrected chi connectivity index (χ0v) is 13.6. The van der Waals surface area contributed by atoms with E-state index in [-0.39, 0.29) is 0 Å². The minimum atomic E-state index is 0.501. The van der Waals surface area contributed by atoms with E-state index in [4.69, 9.17) is 9.47 Å². The van der Waals surface area contributed by atoms with E-state index in [0.29, 0.717) is 19.8 Å². The van der Waals surface area contributed by atoms with Crippen molar-refractivity contribution in [2.75, 3.05) is 19.8 Å². The van der Waals surface area contributed by atoms with Gasteiger partial charge >= 0.3 is 0 Å². The molecule has 0 aromatic heterocycles. The molecule has 21 heavy (non-hydrogen) atoms. The van der Waals surface area contributed by atoms with Gasteiger partial charge in [-0.15, -0.1) is 0 Å². The molecule has 2 heteroatoms. The van der Waals surface area contributed by atoms with Crippen molar-refractivity contribution in [1.82, 2.24) is 0 Å². The van der Waals surface area contributed by atoms with Gasteiger partial charge in [-0.3, -0.25) is 0 Å². The SMILES string of the molecule is [CH2]COCCOc1ccc(CCCCCCCCC)cc1. The minimum absolute atomic E-state index is 0.501. The summed E-state index contributed by atoms with van der Waals surface area (Å²) in [5, 5.41) is 0. The molecular formula is C19H31O2. The quantitative estimate of drug-likeness (QED) is 0.464. The molecule has 1 aromatic rings. The highest BCUT2D eigenvalue weighted by Crippen LogP contribution is 2.15. The number of unbranched alkanes of at least 4 members (excludes halogenated alkanes) is 6. The van der Waals surface area contributed by atoms with Crippen molar-refractivity contribution in [3.8, 4) is 5.75 Å². The topological polar surface area (TPSA) is 18.5 Å². The standard InChI is InChI=1S/C19H31O2/c1-3-5-6-7-8-9-10-11-18-12-14-19(15-13-18)21-17-16-20-4-2/h12-15H,2-11,16-17H2,1H3. The minimum Gasteiger partial charge on any atom is -0.491 e. The third kappa shape index (κ3) is 9.52. The molecule has 0 saturated carbocycles. The Morgan fingerprint density at radius 1 is 0.857 bits per heavy atom. The molecule has 0 saturated heterocycles. The monoisotopic (exact) mass is 291 g/mol. The molecule has 119 valence electrons. The van der Waals surface area contributed by atoms with E-state index in [1.54, 1.807) is 0 Å². The van der Waals surface area contributed by atoms with Crippen LogP contribution in [0.3, 0.4) is 0 Å². The average Bonchev–Trinajstić information content (AvgIpc) is 2.52. The number of hydrogen-bond acceptors (Lipinski definition) is 2. The van der Waals surface area contributed by atoms with E-state index < -0.39 is 0 Å².